The highest BCUT2D eigenvalue weighted by molar-refractivity contribution is 6.00. The summed E-state index contributed by atoms with van der Waals surface area (Å²) in [4.78, 5) is 27.0. The fourth-order valence-electron chi connectivity index (χ4n) is 4.10. The van der Waals surface area contributed by atoms with E-state index in [4.69, 9.17) is 9.47 Å². The van der Waals surface area contributed by atoms with Crippen LogP contribution >= 0.6 is 0 Å². The van der Waals surface area contributed by atoms with Gasteiger partial charge >= 0.3 is 11.9 Å². The van der Waals surface area contributed by atoms with E-state index in [1.165, 1.54) is 84.8 Å². The van der Waals surface area contributed by atoms with Crippen LogP contribution in [0.1, 0.15) is 110 Å². The van der Waals surface area contributed by atoms with Crippen molar-refractivity contribution in [2.24, 2.45) is 5.41 Å². The summed E-state index contributed by atoms with van der Waals surface area (Å²) in [5.74, 6) is -0.946. The molecule has 188 valence electrons. The molecular weight excluding hydrogens is 402 g/mol. The molecule has 0 heterocycles. The summed E-state index contributed by atoms with van der Waals surface area (Å²) in [7, 11) is 6.56. The molecule has 0 spiro atoms. The highest BCUT2D eigenvalue weighted by atomic mass is 16.5. The second-order valence-electron chi connectivity index (χ2n) is 9.31. The smallest absolute Gasteiger partial charge is 0.323 e. The van der Waals surface area contributed by atoms with Gasteiger partial charge in [0.1, 0.15) is 0 Å². The summed E-state index contributed by atoms with van der Waals surface area (Å²) in [5.41, 5.74) is -1.19. The number of unbranched alkanes of at least 4 members (excludes halogenated alkanes) is 12. The van der Waals surface area contributed by atoms with Gasteiger partial charge in [-0.05, 0) is 59.2 Å². The fourth-order valence-corrected chi connectivity index (χ4v) is 4.10. The Balaban J connectivity index is 4.03. The first-order valence-corrected chi connectivity index (χ1v) is 12.9. The number of carbonyl (C=O) groups is 2. The van der Waals surface area contributed by atoms with Crippen LogP contribution in [-0.4, -0.2) is 51.7 Å². The van der Waals surface area contributed by atoms with Crippen molar-refractivity contribution < 1.29 is 19.1 Å². The summed E-state index contributed by atoms with van der Waals surface area (Å²) in [6.07, 6.45) is 22.8. The van der Waals surface area contributed by atoms with Crippen LogP contribution in [0.3, 0.4) is 0 Å². The van der Waals surface area contributed by atoms with Gasteiger partial charge < -0.3 is 14.4 Å². The Bertz CT molecular complexity index is 486. The van der Waals surface area contributed by atoms with Gasteiger partial charge in [0.25, 0.3) is 0 Å². The maximum Gasteiger partial charge on any atom is 0.323 e. The van der Waals surface area contributed by atoms with Gasteiger partial charge in [-0.2, -0.15) is 0 Å². The number of ether oxygens (including phenoxy) is 2. The van der Waals surface area contributed by atoms with Gasteiger partial charge in [0.05, 0.1) is 14.2 Å². The molecule has 5 nitrogen and oxygen atoms in total. The van der Waals surface area contributed by atoms with Crippen molar-refractivity contribution in [3.8, 4) is 0 Å². The number of nitrogens with zero attached hydrogens (tertiary/aromatic N) is 1. The Kier molecular flexibility index (Phi) is 19.4. The molecule has 32 heavy (non-hydrogen) atoms. The minimum absolute atomic E-state index is 0.421. The van der Waals surface area contributed by atoms with E-state index in [1.54, 1.807) is 0 Å². The quantitative estimate of drug-likeness (QED) is 0.0838. The van der Waals surface area contributed by atoms with Crippen LogP contribution in [0.4, 0.5) is 0 Å². The van der Waals surface area contributed by atoms with Gasteiger partial charge in [0, 0.05) is 0 Å². The molecule has 0 aliphatic rings. The van der Waals surface area contributed by atoms with Crippen LogP contribution in [0, 0.1) is 5.41 Å². The van der Waals surface area contributed by atoms with Gasteiger partial charge in [0.2, 0.25) is 0 Å². The Morgan fingerprint density at radius 3 is 1.56 bits per heavy atom. The molecule has 0 saturated heterocycles. The second kappa shape index (κ2) is 20.3. The Hall–Kier alpha value is -1.36. The zero-order valence-electron chi connectivity index (χ0n) is 21.8. The zero-order chi connectivity index (χ0) is 24.1. The SMILES string of the molecule is CCCCCCCCC=CCCCCCCCCC(CCN(C)C)(C(=O)OC)C(=O)OC. The van der Waals surface area contributed by atoms with Gasteiger partial charge in [-0.1, -0.05) is 83.3 Å². The Morgan fingerprint density at radius 1 is 0.688 bits per heavy atom. The predicted octanol–water partition coefficient (Wildman–Crippen LogP) is 6.70. The average molecular weight is 454 g/mol. The largest absolute Gasteiger partial charge is 0.468 e. The maximum atomic E-state index is 12.5. The third-order valence-electron chi connectivity index (χ3n) is 6.25. The van der Waals surface area contributed by atoms with Crippen molar-refractivity contribution in [3.63, 3.8) is 0 Å². The monoisotopic (exact) mass is 453 g/mol. The number of rotatable bonds is 21. The molecule has 0 aliphatic heterocycles. The number of hydrogen-bond donors (Lipinski definition) is 0. The van der Waals surface area contributed by atoms with Crippen molar-refractivity contribution in [1.29, 1.82) is 0 Å². The molecule has 0 aliphatic carbocycles. The molecule has 0 saturated carbocycles. The summed E-state index contributed by atoms with van der Waals surface area (Å²) >= 11 is 0. The first-order valence-electron chi connectivity index (χ1n) is 12.9. The summed E-state index contributed by atoms with van der Waals surface area (Å²) in [6, 6.07) is 0. The van der Waals surface area contributed by atoms with Gasteiger partial charge in [0.15, 0.2) is 5.41 Å². The first-order chi connectivity index (χ1) is 15.4. The first kappa shape index (κ1) is 30.6. The highest BCUT2D eigenvalue weighted by Crippen LogP contribution is 2.33. The Morgan fingerprint density at radius 2 is 1.12 bits per heavy atom. The van der Waals surface area contributed by atoms with E-state index in [0.29, 0.717) is 19.4 Å². The minimum atomic E-state index is -1.19. The van der Waals surface area contributed by atoms with E-state index in [2.05, 4.69) is 19.1 Å². The molecule has 0 unspecified atom stereocenters. The number of methoxy groups -OCH3 is 2. The highest BCUT2D eigenvalue weighted by Gasteiger charge is 2.47. The van der Waals surface area contributed by atoms with Crippen LogP contribution in [0.25, 0.3) is 0 Å². The molecule has 0 N–H and O–H groups in total. The normalized spacial score (nSPS) is 11.9. The number of hydrogen-bond acceptors (Lipinski definition) is 5. The van der Waals surface area contributed by atoms with E-state index in [9.17, 15) is 9.59 Å². The van der Waals surface area contributed by atoms with E-state index in [0.717, 1.165) is 19.3 Å². The van der Waals surface area contributed by atoms with Crippen LogP contribution in [0.2, 0.25) is 0 Å². The van der Waals surface area contributed by atoms with Gasteiger partial charge in [-0.25, -0.2) is 0 Å². The second-order valence-corrected chi connectivity index (χ2v) is 9.31. The zero-order valence-corrected chi connectivity index (χ0v) is 21.8. The molecule has 0 amide bonds. The molecule has 0 bridgehead atoms. The van der Waals surface area contributed by atoms with E-state index in [-0.39, 0.29) is 0 Å². The Labute approximate surface area is 198 Å². The molecule has 0 aromatic carbocycles. The molecule has 5 heteroatoms. The van der Waals surface area contributed by atoms with Crippen LogP contribution in [0.15, 0.2) is 12.2 Å². The minimum Gasteiger partial charge on any atom is -0.468 e. The lowest BCUT2D eigenvalue weighted by molar-refractivity contribution is -0.170. The van der Waals surface area contributed by atoms with E-state index >= 15 is 0 Å². The van der Waals surface area contributed by atoms with E-state index < -0.39 is 17.4 Å². The lowest BCUT2D eigenvalue weighted by atomic mass is 9.79. The molecule has 0 rings (SSSR count). The molecule has 0 fully saturated rings. The third-order valence-corrected chi connectivity index (χ3v) is 6.25. The number of esters is 2. The van der Waals surface area contributed by atoms with Crippen molar-refractivity contribution >= 4 is 11.9 Å². The standard InChI is InChI=1S/C27H51NO4/c1-6-7-8-9-10-11-12-13-14-15-16-17-18-19-20-21-22-27(25(29)31-4,26(30)32-5)23-24-28(2)3/h13-14H,6-12,15-24H2,1-5H3. The van der Waals surface area contributed by atoms with Crippen molar-refractivity contribution in [1.82, 2.24) is 4.90 Å². The van der Waals surface area contributed by atoms with Crippen LogP contribution in [0.5, 0.6) is 0 Å². The van der Waals surface area contributed by atoms with Crippen LogP contribution in [-0.2, 0) is 19.1 Å². The third kappa shape index (κ3) is 13.9. The summed E-state index contributed by atoms with van der Waals surface area (Å²) in [6.45, 7) is 2.90. The predicted molar refractivity (Wildman–Crippen MR) is 134 cm³/mol. The van der Waals surface area contributed by atoms with E-state index in [1.807, 2.05) is 19.0 Å². The lowest BCUT2D eigenvalue weighted by Crippen LogP contribution is -2.43. The average Bonchev–Trinajstić information content (AvgIpc) is 2.79. The van der Waals surface area contributed by atoms with Crippen molar-refractivity contribution in [2.75, 3.05) is 34.9 Å². The molecule has 0 aromatic heterocycles. The molecule has 0 aromatic rings. The summed E-state index contributed by atoms with van der Waals surface area (Å²) < 4.78 is 9.97. The molecular formula is C27H51NO4. The topological polar surface area (TPSA) is 55.8 Å². The van der Waals surface area contributed by atoms with Crippen LogP contribution < -0.4 is 0 Å². The van der Waals surface area contributed by atoms with Crippen molar-refractivity contribution in [2.45, 2.75) is 110 Å². The van der Waals surface area contributed by atoms with Gasteiger partial charge in [-0.15, -0.1) is 0 Å². The summed E-state index contributed by atoms with van der Waals surface area (Å²) in [5, 5.41) is 0. The number of carbonyl (C=O) groups excluding carboxylic acids is 2. The lowest BCUT2D eigenvalue weighted by Gasteiger charge is -2.29. The van der Waals surface area contributed by atoms with Gasteiger partial charge in [-0.3, -0.25) is 9.59 Å². The number of allylic oxidation sites excluding steroid dienone is 2. The van der Waals surface area contributed by atoms with Crippen molar-refractivity contribution in [3.05, 3.63) is 12.2 Å². The maximum absolute atomic E-state index is 12.5. The molecule has 0 radical (unpaired) electrons. The molecule has 0 atom stereocenters. The fraction of sp³-hybridized carbons (Fsp3) is 0.852.